The van der Waals surface area contributed by atoms with E-state index in [0.717, 1.165) is 22.9 Å². The summed E-state index contributed by atoms with van der Waals surface area (Å²) in [5, 5.41) is 0. The zero-order valence-electron chi connectivity index (χ0n) is 12.0. The number of hydrogen-bond donors (Lipinski definition) is 1. The quantitative estimate of drug-likeness (QED) is 0.702. The van der Waals surface area contributed by atoms with Gasteiger partial charge in [-0.3, -0.25) is 4.98 Å². The third-order valence-corrected chi connectivity index (χ3v) is 4.38. The largest absolute Gasteiger partial charge is 0.326 e. The number of halogens is 3. The van der Waals surface area contributed by atoms with Gasteiger partial charge in [0.25, 0.3) is 0 Å². The van der Waals surface area contributed by atoms with Crippen molar-refractivity contribution in [3.8, 4) is 0 Å². The number of nitrogens with two attached hydrogens (primary N) is 1. The average molecular weight is 318 g/mol. The maximum Gasteiger partial charge on any atom is 0.161 e. The first-order chi connectivity index (χ1) is 11.0. The minimum atomic E-state index is -1.20. The Morgan fingerprint density at radius 3 is 2.74 bits per heavy atom. The van der Waals surface area contributed by atoms with E-state index in [-0.39, 0.29) is 5.56 Å². The molecular formula is C16H13F3N4. The maximum absolute atomic E-state index is 14.1. The molecule has 0 amide bonds. The number of hydrogen-bond acceptors (Lipinski definition) is 3. The molecule has 0 radical (unpaired) electrons. The van der Waals surface area contributed by atoms with Gasteiger partial charge in [0.15, 0.2) is 11.6 Å². The Labute approximate surface area is 129 Å². The molecule has 3 aromatic rings. The fraction of sp³-hybridized carbons (Fsp3) is 0.250. The van der Waals surface area contributed by atoms with Crippen LogP contribution in [0.25, 0.3) is 11.0 Å². The van der Waals surface area contributed by atoms with E-state index >= 15 is 0 Å². The maximum atomic E-state index is 14.1. The normalized spacial score (nSPS) is 20.7. The first-order valence-electron chi connectivity index (χ1n) is 7.23. The first kappa shape index (κ1) is 14.2. The van der Waals surface area contributed by atoms with Crippen LogP contribution in [-0.2, 0) is 13.0 Å². The van der Waals surface area contributed by atoms with Crippen LogP contribution < -0.4 is 5.73 Å². The van der Waals surface area contributed by atoms with Gasteiger partial charge < -0.3 is 10.3 Å². The van der Waals surface area contributed by atoms with Crippen LogP contribution in [0.5, 0.6) is 0 Å². The standard InChI is InChI=1S/C16H13F3N4/c17-10-5-12(19)11(18)3-8(10)9-4-16-22-14-6-21-2-1-15(14)23(16)7-13(9)20/h1-3,5-6,9,13H,4,7,20H2/t9-,13?/m1/s1. The molecule has 2 aromatic heterocycles. The molecule has 0 saturated carbocycles. The molecule has 0 spiro atoms. The highest BCUT2D eigenvalue weighted by Crippen LogP contribution is 2.33. The Morgan fingerprint density at radius 2 is 1.91 bits per heavy atom. The molecule has 0 saturated heterocycles. The van der Waals surface area contributed by atoms with E-state index in [1.54, 1.807) is 12.4 Å². The number of pyridine rings is 1. The molecule has 1 aliphatic heterocycles. The third kappa shape index (κ3) is 2.19. The van der Waals surface area contributed by atoms with E-state index in [9.17, 15) is 13.2 Å². The number of fused-ring (bicyclic) bond motifs is 3. The minimum Gasteiger partial charge on any atom is -0.326 e. The van der Waals surface area contributed by atoms with Crippen molar-refractivity contribution in [3.63, 3.8) is 0 Å². The van der Waals surface area contributed by atoms with Gasteiger partial charge in [-0.2, -0.15) is 0 Å². The highest BCUT2D eigenvalue weighted by molar-refractivity contribution is 5.74. The van der Waals surface area contributed by atoms with E-state index in [1.165, 1.54) is 0 Å². The van der Waals surface area contributed by atoms with Crippen molar-refractivity contribution in [2.24, 2.45) is 5.73 Å². The van der Waals surface area contributed by atoms with Crippen LogP contribution >= 0.6 is 0 Å². The second-order valence-corrected chi connectivity index (χ2v) is 5.77. The summed E-state index contributed by atoms with van der Waals surface area (Å²) in [4.78, 5) is 8.52. The van der Waals surface area contributed by atoms with E-state index < -0.39 is 29.4 Å². The van der Waals surface area contributed by atoms with Crippen molar-refractivity contribution in [3.05, 3.63) is 59.4 Å². The van der Waals surface area contributed by atoms with Crippen molar-refractivity contribution in [2.45, 2.75) is 24.9 Å². The Bertz CT molecular complexity index is 906. The molecule has 118 valence electrons. The number of aromatic nitrogens is 3. The molecule has 1 aromatic carbocycles. The molecule has 2 N–H and O–H groups in total. The van der Waals surface area contributed by atoms with Gasteiger partial charge in [0.1, 0.15) is 17.2 Å². The molecule has 0 bridgehead atoms. The molecule has 4 rings (SSSR count). The molecule has 7 heteroatoms. The molecule has 23 heavy (non-hydrogen) atoms. The third-order valence-electron chi connectivity index (χ3n) is 4.38. The summed E-state index contributed by atoms with van der Waals surface area (Å²) in [6.07, 6.45) is 3.68. The molecular weight excluding hydrogens is 305 g/mol. The summed E-state index contributed by atoms with van der Waals surface area (Å²) in [7, 11) is 0. The SMILES string of the molecule is NC1Cn2c(nc3cnccc32)C[C@@H]1c1cc(F)c(F)cc1F. The van der Waals surface area contributed by atoms with Gasteiger partial charge in [-0.25, -0.2) is 18.2 Å². The lowest BCUT2D eigenvalue weighted by Gasteiger charge is -2.30. The first-order valence-corrected chi connectivity index (χ1v) is 7.23. The van der Waals surface area contributed by atoms with Gasteiger partial charge in [0, 0.05) is 37.2 Å². The summed E-state index contributed by atoms with van der Waals surface area (Å²) >= 11 is 0. The van der Waals surface area contributed by atoms with Gasteiger partial charge >= 0.3 is 0 Å². The van der Waals surface area contributed by atoms with Crippen molar-refractivity contribution in [2.75, 3.05) is 0 Å². The topological polar surface area (TPSA) is 56.7 Å². The lowest BCUT2D eigenvalue weighted by molar-refractivity contribution is 0.392. The molecule has 2 atom stereocenters. The summed E-state index contributed by atoms with van der Waals surface area (Å²) < 4.78 is 42.7. The zero-order valence-corrected chi connectivity index (χ0v) is 12.0. The van der Waals surface area contributed by atoms with E-state index in [2.05, 4.69) is 9.97 Å². The predicted molar refractivity (Wildman–Crippen MR) is 78.3 cm³/mol. The number of imidazole rings is 1. The average Bonchev–Trinajstić information content (AvgIpc) is 2.88. The summed E-state index contributed by atoms with van der Waals surface area (Å²) in [6, 6.07) is 2.89. The van der Waals surface area contributed by atoms with Crippen LogP contribution in [0.1, 0.15) is 17.3 Å². The lowest BCUT2D eigenvalue weighted by atomic mass is 9.86. The van der Waals surface area contributed by atoms with Crippen molar-refractivity contribution in [1.29, 1.82) is 0 Å². The fourth-order valence-corrected chi connectivity index (χ4v) is 3.24. The Hall–Kier alpha value is -2.41. The summed E-state index contributed by atoms with van der Waals surface area (Å²) in [5.74, 6) is -2.77. The van der Waals surface area contributed by atoms with Crippen LogP contribution in [0.2, 0.25) is 0 Å². The van der Waals surface area contributed by atoms with Gasteiger partial charge in [-0.15, -0.1) is 0 Å². The summed E-state index contributed by atoms with van der Waals surface area (Å²) in [5.41, 5.74) is 7.93. The summed E-state index contributed by atoms with van der Waals surface area (Å²) in [6.45, 7) is 0.430. The van der Waals surface area contributed by atoms with Crippen LogP contribution in [-0.4, -0.2) is 20.6 Å². The van der Waals surface area contributed by atoms with Gasteiger partial charge in [0.05, 0.1) is 11.7 Å². The van der Waals surface area contributed by atoms with Gasteiger partial charge in [-0.05, 0) is 17.7 Å². The Morgan fingerprint density at radius 1 is 1.13 bits per heavy atom. The van der Waals surface area contributed by atoms with Crippen LogP contribution in [0, 0.1) is 17.5 Å². The van der Waals surface area contributed by atoms with Crippen LogP contribution in [0.15, 0.2) is 30.6 Å². The fourth-order valence-electron chi connectivity index (χ4n) is 3.24. The van der Waals surface area contributed by atoms with E-state index in [0.29, 0.717) is 19.0 Å². The smallest absolute Gasteiger partial charge is 0.161 e. The zero-order chi connectivity index (χ0) is 16.1. The molecule has 3 heterocycles. The second-order valence-electron chi connectivity index (χ2n) is 5.77. The molecule has 4 nitrogen and oxygen atoms in total. The van der Waals surface area contributed by atoms with Crippen molar-refractivity contribution < 1.29 is 13.2 Å². The van der Waals surface area contributed by atoms with E-state index in [1.807, 2.05) is 10.6 Å². The Balaban J connectivity index is 1.79. The molecule has 1 aliphatic rings. The number of nitrogens with zero attached hydrogens (tertiary/aromatic N) is 3. The van der Waals surface area contributed by atoms with Crippen LogP contribution in [0.4, 0.5) is 13.2 Å². The minimum absolute atomic E-state index is 0.0906. The predicted octanol–water partition coefficient (Wildman–Crippen LogP) is 2.52. The number of benzene rings is 1. The van der Waals surface area contributed by atoms with Crippen molar-refractivity contribution in [1.82, 2.24) is 14.5 Å². The monoisotopic (exact) mass is 318 g/mol. The Kier molecular flexibility index (Phi) is 3.12. The highest BCUT2D eigenvalue weighted by Gasteiger charge is 2.32. The second kappa shape index (κ2) is 5.06. The van der Waals surface area contributed by atoms with Gasteiger partial charge in [-0.1, -0.05) is 0 Å². The van der Waals surface area contributed by atoms with Crippen molar-refractivity contribution >= 4 is 11.0 Å². The van der Waals surface area contributed by atoms with Crippen LogP contribution in [0.3, 0.4) is 0 Å². The molecule has 0 aliphatic carbocycles. The molecule has 0 fully saturated rings. The highest BCUT2D eigenvalue weighted by atomic mass is 19.2. The number of rotatable bonds is 1. The molecule has 1 unspecified atom stereocenters. The van der Waals surface area contributed by atoms with Gasteiger partial charge in [0.2, 0.25) is 0 Å². The van der Waals surface area contributed by atoms with E-state index in [4.69, 9.17) is 5.73 Å². The lowest BCUT2D eigenvalue weighted by Crippen LogP contribution is -2.39.